The Bertz CT molecular complexity index is 858. The number of hydrogen-bond donors (Lipinski definition) is 1. The molecule has 9 nitrogen and oxygen atoms in total. The van der Waals surface area contributed by atoms with Crippen LogP contribution in [-0.4, -0.2) is 34.8 Å². The Kier molecular flexibility index (Phi) is 12.0. The van der Waals surface area contributed by atoms with E-state index < -0.39 is 6.03 Å². The van der Waals surface area contributed by atoms with Crippen LogP contribution in [0.4, 0.5) is 4.79 Å². The molecule has 0 fully saturated rings. The van der Waals surface area contributed by atoms with Crippen LogP contribution >= 0.6 is 0 Å². The van der Waals surface area contributed by atoms with Crippen LogP contribution in [0.5, 0.6) is 11.5 Å². The number of para-hydroxylation sites is 1. The second-order valence-corrected chi connectivity index (χ2v) is 4.99. The van der Waals surface area contributed by atoms with Crippen molar-refractivity contribution in [3.8, 4) is 22.9 Å². The number of nitrogens with two attached hydrogens (primary N) is 1. The van der Waals surface area contributed by atoms with Crippen molar-refractivity contribution in [3.05, 3.63) is 78.0 Å². The first-order valence-electron chi connectivity index (χ1n) is 7.81. The van der Waals surface area contributed by atoms with Crippen molar-refractivity contribution < 1.29 is 37.2 Å². The SMILES string of the molecule is COc1cccc(C=N[N-]C(N)=O)c1[O-].O.[Cu+2].c1ccc(-c2ccccn2)nc1. The molecule has 0 saturated heterocycles. The van der Waals surface area contributed by atoms with Crippen LogP contribution in [0.1, 0.15) is 5.56 Å². The molecule has 0 atom stereocenters. The summed E-state index contributed by atoms with van der Waals surface area (Å²) in [5, 5.41) is 14.8. The Balaban J connectivity index is 0.000000514. The van der Waals surface area contributed by atoms with Gasteiger partial charge in [-0.1, -0.05) is 30.0 Å². The molecule has 1 aromatic carbocycles. The van der Waals surface area contributed by atoms with Crippen LogP contribution < -0.4 is 15.6 Å². The van der Waals surface area contributed by atoms with E-state index in [1.165, 1.54) is 19.2 Å². The Morgan fingerprint density at radius 2 is 1.66 bits per heavy atom. The van der Waals surface area contributed by atoms with Crippen LogP contribution in [0.3, 0.4) is 0 Å². The van der Waals surface area contributed by atoms with Gasteiger partial charge in [0, 0.05) is 18.6 Å². The molecule has 29 heavy (non-hydrogen) atoms. The first-order chi connectivity index (χ1) is 13.1. The predicted molar refractivity (Wildman–Crippen MR) is 104 cm³/mol. The fourth-order valence-corrected chi connectivity index (χ4v) is 1.97. The number of methoxy groups -OCH3 is 1. The molecule has 2 amide bonds. The van der Waals surface area contributed by atoms with E-state index in [0.29, 0.717) is 0 Å². The summed E-state index contributed by atoms with van der Waals surface area (Å²) < 4.78 is 4.82. The van der Waals surface area contributed by atoms with Crippen LogP contribution in [0.2, 0.25) is 0 Å². The quantitative estimate of drug-likeness (QED) is 0.368. The number of urea groups is 1. The molecule has 0 unspecified atom stereocenters. The van der Waals surface area contributed by atoms with Gasteiger partial charge in [0.2, 0.25) is 0 Å². The standard InChI is InChI=1S/C10H8N2.C9H11N3O3.Cu.H2O/c1-3-7-11-9(5-1)10-6-2-4-8-12-10;1-15-7-4-2-3-6(8(7)13)5-11-12-9(10)14;;/h1-8H;2-5H,1H3,(H4,10,11,12,13,14);;1H2/q;;+2;/p-2. The fourth-order valence-electron chi connectivity index (χ4n) is 1.97. The number of primary amides is 1. The van der Waals surface area contributed by atoms with Gasteiger partial charge >= 0.3 is 17.1 Å². The number of pyridine rings is 2. The van der Waals surface area contributed by atoms with Crippen LogP contribution in [0.15, 0.2) is 72.1 Å². The van der Waals surface area contributed by atoms with Gasteiger partial charge in [0.05, 0.1) is 18.5 Å². The Hall–Kier alpha value is -3.46. The zero-order valence-corrected chi connectivity index (χ0v) is 16.3. The summed E-state index contributed by atoms with van der Waals surface area (Å²) in [5.74, 6) is -0.110. The number of aromatic nitrogens is 2. The molecule has 0 saturated carbocycles. The normalized spacial score (nSPS) is 9.28. The second-order valence-electron chi connectivity index (χ2n) is 4.99. The largest absolute Gasteiger partial charge is 2.00 e. The van der Waals surface area contributed by atoms with Crippen molar-refractivity contribution in [3.63, 3.8) is 0 Å². The maximum atomic E-state index is 11.5. The van der Waals surface area contributed by atoms with Crippen molar-refractivity contribution in [2.75, 3.05) is 7.11 Å². The third-order valence-electron chi connectivity index (χ3n) is 3.17. The summed E-state index contributed by atoms with van der Waals surface area (Å²) in [5.41, 5.74) is 9.88. The Morgan fingerprint density at radius 1 is 1.07 bits per heavy atom. The zero-order chi connectivity index (χ0) is 19.5. The van der Waals surface area contributed by atoms with Crippen molar-refractivity contribution in [2.45, 2.75) is 0 Å². The molecule has 0 aliphatic rings. The van der Waals surface area contributed by atoms with E-state index in [0.717, 1.165) is 17.6 Å². The molecule has 0 aliphatic carbocycles. The molecule has 0 bridgehead atoms. The number of carbonyl (C=O) groups is 1. The van der Waals surface area contributed by atoms with Crippen LogP contribution in [0, 0.1) is 0 Å². The minimum absolute atomic E-state index is 0. The summed E-state index contributed by atoms with van der Waals surface area (Å²) in [6.45, 7) is 0. The van der Waals surface area contributed by atoms with Gasteiger partial charge in [0.25, 0.3) is 0 Å². The number of carbonyl (C=O) groups excluding carboxylic acids is 1. The minimum Gasteiger partial charge on any atom is -0.870 e. The molecule has 4 N–H and O–H groups in total. The number of amides is 2. The summed E-state index contributed by atoms with van der Waals surface area (Å²) in [6, 6.07) is 15.4. The van der Waals surface area contributed by atoms with Crippen molar-refractivity contribution in [1.29, 1.82) is 0 Å². The Labute approximate surface area is 178 Å². The van der Waals surface area contributed by atoms with E-state index >= 15 is 0 Å². The molecule has 3 rings (SSSR count). The first kappa shape index (κ1) is 25.5. The maximum Gasteiger partial charge on any atom is 2.00 e. The van der Waals surface area contributed by atoms with Gasteiger partial charge < -0.3 is 26.5 Å². The number of benzene rings is 1. The van der Waals surface area contributed by atoms with Crippen molar-refractivity contribution in [1.82, 2.24) is 9.97 Å². The van der Waals surface area contributed by atoms with E-state index in [4.69, 9.17) is 10.5 Å². The number of rotatable bonds is 4. The van der Waals surface area contributed by atoms with Gasteiger partial charge in [-0.05, 0) is 35.9 Å². The van der Waals surface area contributed by atoms with Gasteiger partial charge in [-0.3, -0.25) is 19.9 Å². The average Bonchev–Trinajstić information content (AvgIpc) is 2.71. The molecular weight excluding hydrogens is 426 g/mol. The third-order valence-corrected chi connectivity index (χ3v) is 3.17. The number of hydrogen-bond acceptors (Lipinski definition) is 6. The van der Waals surface area contributed by atoms with Crippen molar-refractivity contribution >= 4 is 12.2 Å². The maximum absolute atomic E-state index is 11.5. The molecule has 10 heteroatoms. The van der Waals surface area contributed by atoms with Gasteiger partial charge in [-0.25, -0.2) is 0 Å². The fraction of sp³-hybridized carbons (Fsp3) is 0.0526. The summed E-state index contributed by atoms with van der Waals surface area (Å²) in [6.07, 6.45) is 4.68. The first-order valence-corrected chi connectivity index (χ1v) is 7.81. The number of nitrogens with zero attached hydrogens (tertiary/aromatic N) is 4. The summed E-state index contributed by atoms with van der Waals surface area (Å²) in [4.78, 5) is 18.6. The zero-order valence-electron chi connectivity index (χ0n) is 15.3. The van der Waals surface area contributed by atoms with Gasteiger partial charge in [-0.2, -0.15) is 0 Å². The Morgan fingerprint density at radius 3 is 2.10 bits per heavy atom. The van der Waals surface area contributed by atoms with E-state index in [1.807, 2.05) is 36.4 Å². The molecule has 2 aromatic heterocycles. The van der Waals surface area contributed by atoms with Gasteiger partial charge in [0.15, 0.2) is 6.03 Å². The molecule has 2 heterocycles. The van der Waals surface area contributed by atoms with E-state index in [1.54, 1.807) is 18.5 Å². The summed E-state index contributed by atoms with van der Waals surface area (Å²) in [7, 11) is 1.39. The molecule has 1 radical (unpaired) electrons. The van der Waals surface area contributed by atoms with E-state index in [9.17, 15) is 9.90 Å². The predicted octanol–water partition coefficient (Wildman–Crippen LogP) is 1.87. The summed E-state index contributed by atoms with van der Waals surface area (Å²) >= 11 is 0. The minimum atomic E-state index is -0.915. The van der Waals surface area contributed by atoms with Gasteiger partial charge in [0.1, 0.15) is 5.75 Å². The van der Waals surface area contributed by atoms with E-state index in [2.05, 4.69) is 20.5 Å². The second kappa shape index (κ2) is 13.7. The van der Waals surface area contributed by atoms with Crippen LogP contribution in [-0.2, 0) is 17.1 Å². The monoisotopic (exact) mass is 444 g/mol. The molecule has 0 aliphatic heterocycles. The van der Waals surface area contributed by atoms with Crippen molar-refractivity contribution in [2.24, 2.45) is 10.8 Å². The topological polar surface area (TPSA) is 159 Å². The third kappa shape index (κ3) is 8.39. The van der Waals surface area contributed by atoms with Crippen LogP contribution in [0.25, 0.3) is 16.8 Å². The molecule has 155 valence electrons. The molecule has 0 spiro atoms. The smallest absolute Gasteiger partial charge is 0.870 e. The van der Waals surface area contributed by atoms with Gasteiger partial charge in [-0.15, -0.1) is 0 Å². The molecular formula is C19H19CuN5O4. The molecule has 3 aromatic rings. The number of ether oxygens (including phenoxy) is 1. The average molecular weight is 445 g/mol. The van der Waals surface area contributed by atoms with E-state index in [-0.39, 0.29) is 39.6 Å².